The molecule has 8 heteroatoms. The summed E-state index contributed by atoms with van der Waals surface area (Å²) in [6, 6.07) is 3.95. The number of halogens is 2. The Morgan fingerprint density at radius 2 is 2.00 bits per heavy atom. The van der Waals surface area contributed by atoms with E-state index in [0.29, 0.717) is 32.8 Å². The molecule has 3 rings (SSSR count). The van der Waals surface area contributed by atoms with Crippen LogP contribution in [0.3, 0.4) is 0 Å². The minimum atomic E-state index is -3.21. The Morgan fingerprint density at radius 1 is 1.21 bits per heavy atom. The van der Waals surface area contributed by atoms with Crippen LogP contribution in [0.25, 0.3) is 0 Å². The molecule has 1 aromatic rings. The predicted molar refractivity (Wildman–Crippen MR) is 85.9 cm³/mol. The summed E-state index contributed by atoms with van der Waals surface area (Å²) in [6.45, 7) is 3.23. The number of fused-ring (bicyclic) bond motifs is 1. The molecular weight excluding hydrogens is 338 g/mol. The molecule has 0 spiro atoms. The van der Waals surface area contributed by atoms with Gasteiger partial charge in [-0.3, -0.25) is 4.90 Å². The van der Waals surface area contributed by atoms with E-state index in [1.807, 2.05) is 0 Å². The van der Waals surface area contributed by atoms with Crippen LogP contribution in [0.1, 0.15) is 12.0 Å². The summed E-state index contributed by atoms with van der Waals surface area (Å²) in [7, 11) is -3.21. The van der Waals surface area contributed by atoms with Crippen molar-refractivity contribution in [1.82, 2.24) is 9.21 Å². The number of ether oxygens (including phenoxy) is 1. The van der Waals surface area contributed by atoms with E-state index < -0.39 is 21.7 Å². The SMILES string of the molecule is CS(=O)(=O)N1CCO[C@@H]2CN(Cc3ccc(F)c(F)c3)CC[C@@H]2C1. The van der Waals surface area contributed by atoms with Crippen molar-refractivity contribution in [2.75, 3.05) is 39.0 Å². The van der Waals surface area contributed by atoms with Crippen LogP contribution in [0, 0.1) is 17.6 Å². The zero-order valence-electron chi connectivity index (χ0n) is 13.6. The molecule has 2 aliphatic heterocycles. The topological polar surface area (TPSA) is 49.9 Å². The molecule has 0 saturated carbocycles. The summed E-state index contributed by atoms with van der Waals surface area (Å²) < 4.78 is 57.2. The van der Waals surface area contributed by atoms with Crippen LogP contribution in [0.4, 0.5) is 8.78 Å². The lowest BCUT2D eigenvalue weighted by Gasteiger charge is -2.37. The molecule has 0 aliphatic carbocycles. The number of likely N-dealkylation sites (tertiary alicyclic amines) is 1. The Kier molecular flexibility index (Phi) is 5.19. The van der Waals surface area contributed by atoms with E-state index in [9.17, 15) is 17.2 Å². The quantitative estimate of drug-likeness (QED) is 0.819. The summed E-state index contributed by atoms with van der Waals surface area (Å²) in [5.41, 5.74) is 0.721. The van der Waals surface area contributed by atoms with Crippen molar-refractivity contribution in [3.63, 3.8) is 0 Å². The van der Waals surface area contributed by atoms with Gasteiger partial charge in [0.15, 0.2) is 11.6 Å². The molecule has 0 N–H and O–H groups in total. The van der Waals surface area contributed by atoms with E-state index in [4.69, 9.17) is 4.74 Å². The van der Waals surface area contributed by atoms with Gasteiger partial charge < -0.3 is 4.74 Å². The van der Waals surface area contributed by atoms with Crippen LogP contribution in [0.15, 0.2) is 18.2 Å². The van der Waals surface area contributed by atoms with E-state index in [1.165, 1.54) is 16.6 Å². The molecule has 2 fully saturated rings. The van der Waals surface area contributed by atoms with Gasteiger partial charge in [0.25, 0.3) is 0 Å². The molecule has 24 heavy (non-hydrogen) atoms. The standard InChI is InChI=1S/C16H22F2N2O3S/c1-24(21,22)20-6-7-23-16-11-19(5-4-13(16)10-20)9-12-2-3-14(17)15(18)8-12/h2-3,8,13,16H,4-7,9-11H2,1H3/t13-,16-/m1/s1. The van der Waals surface area contributed by atoms with Crippen LogP contribution in [-0.4, -0.2) is 62.8 Å². The molecule has 2 atom stereocenters. The van der Waals surface area contributed by atoms with Crippen LogP contribution in [0.5, 0.6) is 0 Å². The molecule has 0 aromatic heterocycles. The van der Waals surface area contributed by atoms with Crippen LogP contribution >= 0.6 is 0 Å². The monoisotopic (exact) mass is 360 g/mol. The fourth-order valence-corrected chi connectivity index (χ4v) is 4.29. The molecule has 1 aromatic carbocycles. The van der Waals surface area contributed by atoms with E-state index >= 15 is 0 Å². The molecule has 5 nitrogen and oxygen atoms in total. The van der Waals surface area contributed by atoms with Gasteiger partial charge in [-0.25, -0.2) is 17.2 Å². The fraction of sp³-hybridized carbons (Fsp3) is 0.625. The number of nitrogens with zero attached hydrogens (tertiary/aromatic N) is 2. The molecule has 0 radical (unpaired) electrons. The van der Waals surface area contributed by atoms with Gasteiger partial charge in [-0.2, -0.15) is 4.31 Å². The maximum atomic E-state index is 13.3. The lowest BCUT2D eigenvalue weighted by molar-refractivity contribution is -0.0240. The van der Waals surface area contributed by atoms with Gasteiger partial charge in [-0.15, -0.1) is 0 Å². The highest BCUT2D eigenvalue weighted by molar-refractivity contribution is 7.88. The molecule has 2 aliphatic rings. The molecule has 2 saturated heterocycles. The van der Waals surface area contributed by atoms with E-state index in [0.717, 1.165) is 24.6 Å². The first-order chi connectivity index (χ1) is 11.3. The first kappa shape index (κ1) is 17.7. The highest BCUT2D eigenvalue weighted by Crippen LogP contribution is 2.26. The fourth-order valence-electron chi connectivity index (χ4n) is 3.43. The Bertz CT molecular complexity index is 699. The van der Waals surface area contributed by atoms with Crippen molar-refractivity contribution in [2.45, 2.75) is 19.1 Å². The van der Waals surface area contributed by atoms with Crippen LogP contribution < -0.4 is 0 Å². The summed E-state index contributed by atoms with van der Waals surface area (Å²) in [5.74, 6) is -1.51. The minimum absolute atomic E-state index is 0.0317. The molecule has 134 valence electrons. The smallest absolute Gasteiger partial charge is 0.211 e. The molecule has 0 bridgehead atoms. The molecule has 2 heterocycles. The van der Waals surface area contributed by atoms with Gasteiger partial charge in [0.05, 0.1) is 19.0 Å². The maximum absolute atomic E-state index is 13.3. The van der Waals surface area contributed by atoms with Crippen molar-refractivity contribution >= 4 is 10.0 Å². The second kappa shape index (κ2) is 7.03. The predicted octanol–water partition coefficient (Wildman–Crippen LogP) is 1.45. The minimum Gasteiger partial charge on any atom is -0.375 e. The Hall–Kier alpha value is -1.09. The van der Waals surface area contributed by atoms with Gasteiger partial charge in [0.1, 0.15) is 0 Å². The number of hydrogen-bond acceptors (Lipinski definition) is 4. The van der Waals surface area contributed by atoms with E-state index in [-0.39, 0.29) is 12.0 Å². The van der Waals surface area contributed by atoms with E-state index in [1.54, 1.807) is 6.07 Å². The number of piperidine rings is 1. The van der Waals surface area contributed by atoms with Crippen molar-refractivity contribution in [3.8, 4) is 0 Å². The lowest BCUT2D eigenvalue weighted by Crippen LogP contribution is -2.47. The van der Waals surface area contributed by atoms with Gasteiger partial charge in [-0.1, -0.05) is 6.07 Å². The van der Waals surface area contributed by atoms with Crippen molar-refractivity contribution in [1.29, 1.82) is 0 Å². The number of rotatable bonds is 3. The van der Waals surface area contributed by atoms with Crippen LogP contribution in [0.2, 0.25) is 0 Å². The Morgan fingerprint density at radius 3 is 2.71 bits per heavy atom. The van der Waals surface area contributed by atoms with E-state index in [2.05, 4.69) is 4.90 Å². The molecular formula is C16H22F2N2O3S. The zero-order valence-corrected chi connectivity index (χ0v) is 14.4. The number of benzene rings is 1. The number of hydrogen-bond donors (Lipinski definition) is 0. The van der Waals surface area contributed by atoms with Gasteiger partial charge in [-0.05, 0) is 30.7 Å². The maximum Gasteiger partial charge on any atom is 0.211 e. The van der Waals surface area contributed by atoms with Gasteiger partial charge in [0.2, 0.25) is 10.0 Å². The average molecular weight is 360 g/mol. The third kappa shape index (κ3) is 4.11. The van der Waals surface area contributed by atoms with Gasteiger partial charge in [0, 0.05) is 32.1 Å². The summed E-state index contributed by atoms with van der Waals surface area (Å²) >= 11 is 0. The van der Waals surface area contributed by atoms with Crippen molar-refractivity contribution in [2.24, 2.45) is 5.92 Å². The lowest BCUT2D eigenvalue weighted by atomic mass is 9.93. The van der Waals surface area contributed by atoms with Gasteiger partial charge >= 0.3 is 0 Å². The summed E-state index contributed by atoms with van der Waals surface area (Å²) in [5, 5.41) is 0. The zero-order chi connectivity index (χ0) is 17.3. The Balaban J connectivity index is 1.63. The van der Waals surface area contributed by atoms with Crippen molar-refractivity contribution in [3.05, 3.63) is 35.4 Å². The molecule has 0 unspecified atom stereocenters. The van der Waals surface area contributed by atoms with Crippen molar-refractivity contribution < 1.29 is 21.9 Å². The summed E-state index contributed by atoms with van der Waals surface area (Å²) in [6.07, 6.45) is 2.02. The highest BCUT2D eigenvalue weighted by atomic mass is 32.2. The largest absolute Gasteiger partial charge is 0.375 e. The third-order valence-corrected chi connectivity index (χ3v) is 6.02. The number of sulfonamides is 1. The molecule has 0 amide bonds. The average Bonchev–Trinajstić information content (AvgIpc) is 2.72. The highest BCUT2D eigenvalue weighted by Gasteiger charge is 2.35. The Labute approximate surface area is 141 Å². The second-order valence-corrected chi connectivity index (χ2v) is 8.55. The normalized spacial score (nSPS) is 26.8. The van der Waals surface area contributed by atoms with Crippen LogP contribution in [-0.2, 0) is 21.3 Å². The first-order valence-corrected chi connectivity index (χ1v) is 9.91. The first-order valence-electron chi connectivity index (χ1n) is 8.06. The second-order valence-electron chi connectivity index (χ2n) is 6.56. The third-order valence-electron chi connectivity index (χ3n) is 4.75. The summed E-state index contributed by atoms with van der Waals surface area (Å²) in [4.78, 5) is 2.14.